The molecule has 1 aromatic rings. The minimum Gasteiger partial charge on any atom is -0.478 e. The van der Waals surface area contributed by atoms with Crippen LogP contribution >= 0.6 is 0 Å². The quantitative estimate of drug-likeness (QED) is 0.839. The molecule has 1 fully saturated rings. The average Bonchev–Trinajstić information content (AvgIpc) is 2.42. The van der Waals surface area contributed by atoms with E-state index < -0.39 is 5.97 Å². The fourth-order valence-corrected chi connectivity index (χ4v) is 2.77. The van der Waals surface area contributed by atoms with Gasteiger partial charge in [-0.3, -0.25) is 0 Å². The van der Waals surface area contributed by atoms with Crippen LogP contribution in [0.15, 0.2) is 24.3 Å². The van der Waals surface area contributed by atoms with Crippen molar-refractivity contribution >= 4 is 5.97 Å². The van der Waals surface area contributed by atoms with Crippen LogP contribution in [0.4, 0.5) is 0 Å². The summed E-state index contributed by atoms with van der Waals surface area (Å²) in [6, 6.07) is 7.48. The van der Waals surface area contributed by atoms with Crippen LogP contribution in [0, 0.1) is 5.41 Å². The number of hydrogen-bond donors (Lipinski definition) is 2. The molecule has 110 valence electrons. The van der Waals surface area contributed by atoms with Crippen LogP contribution in [-0.2, 0) is 11.3 Å². The molecule has 2 N–H and O–H groups in total. The van der Waals surface area contributed by atoms with Crippen LogP contribution in [0.5, 0.6) is 0 Å². The molecule has 1 aromatic carbocycles. The average molecular weight is 277 g/mol. The molecule has 0 spiro atoms. The third kappa shape index (κ3) is 3.02. The topological polar surface area (TPSA) is 58.6 Å². The maximum atomic E-state index is 10.9. The molecule has 2 unspecified atom stereocenters. The number of benzene rings is 1. The van der Waals surface area contributed by atoms with Crippen LogP contribution in [0.2, 0.25) is 0 Å². The molecule has 0 aromatic heterocycles. The summed E-state index contributed by atoms with van der Waals surface area (Å²) in [5, 5.41) is 12.5. The minimum atomic E-state index is -0.882. The van der Waals surface area contributed by atoms with Gasteiger partial charge in [-0.05, 0) is 31.0 Å². The van der Waals surface area contributed by atoms with E-state index in [1.807, 2.05) is 13.0 Å². The molecule has 4 nitrogen and oxygen atoms in total. The second-order valence-electron chi connectivity index (χ2n) is 5.94. The maximum absolute atomic E-state index is 10.9. The Morgan fingerprint density at radius 2 is 2.25 bits per heavy atom. The van der Waals surface area contributed by atoms with Crippen molar-refractivity contribution < 1.29 is 14.6 Å². The molecule has 0 aliphatic heterocycles. The highest BCUT2D eigenvalue weighted by Gasteiger charge is 2.48. The highest BCUT2D eigenvalue weighted by molar-refractivity contribution is 5.87. The zero-order valence-electron chi connectivity index (χ0n) is 12.3. The number of carbonyl (C=O) groups is 1. The van der Waals surface area contributed by atoms with Crippen LogP contribution in [0.25, 0.3) is 0 Å². The van der Waals surface area contributed by atoms with Gasteiger partial charge in [0.15, 0.2) is 0 Å². The van der Waals surface area contributed by atoms with Crippen molar-refractivity contribution in [1.29, 1.82) is 0 Å². The summed E-state index contributed by atoms with van der Waals surface area (Å²) in [5.41, 5.74) is 1.46. The molecule has 20 heavy (non-hydrogen) atoms. The summed E-state index contributed by atoms with van der Waals surface area (Å²) in [4.78, 5) is 10.9. The Bertz CT molecular complexity index is 484. The van der Waals surface area contributed by atoms with Crippen molar-refractivity contribution in [3.05, 3.63) is 35.4 Å². The van der Waals surface area contributed by atoms with E-state index in [0.717, 1.165) is 18.6 Å². The van der Waals surface area contributed by atoms with Gasteiger partial charge in [-0.1, -0.05) is 26.0 Å². The van der Waals surface area contributed by atoms with E-state index in [4.69, 9.17) is 9.84 Å². The first-order valence-corrected chi connectivity index (χ1v) is 7.12. The first kappa shape index (κ1) is 15.0. The normalized spacial score (nSPS) is 24.1. The first-order chi connectivity index (χ1) is 9.45. The molecule has 0 heterocycles. The number of nitrogens with one attached hydrogen (secondary N) is 1. The Hall–Kier alpha value is -1.39. The van der Waals surface area contributed by atoms with E-state index in [0.29, 0.717) is 24.3 Å². The Morgan fingerprint density at radius 1 is 1.50 bits per heavy atom. The van der Waals surface area contributed by atoms with Gasteiger partial charge in [-0.15, -0.1) is 0 Å². The van der Waals surface area contributed by atoms with E-state index in [9.17, 15) is 4.79 Å². The molecule has 1 saturated carbocycles. The number of ether oxygens (including phenoxy) is 1. The number of aromatic carboxylic acids is 1. The molecule has 1 aliphatic rings. The van der Waals surface area contributed by atoms with Gasteiger partial charge in [0.25, 0.3) is 0 Å². The van der Waals surface area contributed by atoms with Crippen LogP contribution in [0.3, 0.4) is 0 Å². The molecular weight excluding hydrogens is 254 g/mol. The van der Waals surface area contributed by atoms with Crippen molar-refractivity contribution in [2.75, 3.05) is 6.61 Å². The van der Waals surface area contributed by atoms with Crippen molar-refractivity contribution in [2.24, 2.45) is 5.41 Å². The predicted octanol–water partition coefficient (Wildman–Crippen LogP) is 2.68. The lowest BCUT2D eigenvalue weighted by atomic mass is 9.64. The highest BCUT2D eigenvalue weighted by Crippen LogP contribution is 2.42. The second kappa shape index (κ2) is 5.94. The largest absolute Gasteiger partial charge is 0.478 e. The fourth-order valence-electron chi connectivity index (χ4n) is 2.77. The highest BCUT2D eigenvalue weighted by atomic mass is 16.5. The SMILES string of the molecule is CCOC1CC(NCc2cccc(C(=O)O)c2)C1(C)C. The van der Waals surface area contributed by atoms with Gasteiger partial charge in [-0.25, -0.2) is 4.79 Å². The third-order valence-corrected chi connectivity index (χ3v) is 4.27. The Morgan fingerprint density at radius 3 is 2.85 bits per heavy atom. The lowest BCUT2D eigenvalue weighted by molar-refractivity contribution is -0.114. The van der Waals surface area contributed by atoms with E-state index >= 15 is 0 Å². The predicted molar refractivity (Wildman–Crippen MR) is 77.8 cm³/mol. The Labute approximate surface area is 120 Å². The van der Waals surface area contributed by atoms with Crippen molar-refractivity contribution in [2.45, 2.75) is 45.9 Å². The van der Waals surface area contributed by atoms with Crippen LogP contribution in [0.1, 0.15) is 43.1 Å². The van der Waals surface area contributed by atoms with Crippen molar-refractivity contribution in [3.8, 4) is 0 Å². The number of carboxylic acid groups (broad SMARTS) is 1. The second-order valence-corrected chi connectivity index (χ2v) is 5.94. The fraction of sp³-hybridized carbons (Fsp3) is 0.562. The summed E-state index contributed by atoms with van der Waals surface area (Å²) in [6.07, 6.45) is 1.33. The zero-order chi connectivity index (χ0) is 14.8. The van der Waals surface area contributed by atoms with E-state index in [-0.39, 0.29) is 5.41 Å². The smallest absolute Gasteiger partial charge is 0.335 e. The third-order valence-electron chi connectivity index (χ3n) is 4.27. The number of carboxylic acids is 1. The van der Waals surface area contributed by atoms with Gasteiger partial charge in [0, 0.05) is 24.6 Å². The van der Waals surface area contributed by atoms with Gasteiger partial charge in [0.05, 0.1) is 11.7 Å². The van der Waals surface area contributed by atoms with Crippen molar-refractivity contribution in [1.82, 2.24) is 5.32 Å². The van der Waals surface area contributed by atoms with E-state index in [2.05, 4.69) is 19.2 Å². The monoisotopic (exact) mass is 277 g/mol. The maximum Gasteiger partial charge on any atom is 0.335 e. The number of rotatable bonds is 6. The van der Waals surface area contributed by atoms with Gasteiger partial charge < -0.3 is 15.2 Å². The molecular formula is C16H23NO3. The standard InChI is InChI=1S/C16H23NO3/c1-4-20-14-9-13(16(14,2)3)17-10-11-6-5-7-12(8-11)15(18)19/h5-8,13-14,17H,4,9-10H2,1-3H3,(H,18,19). The lowest BCUT2D eigenvalue weighted by Gasteiger charge is -2.52. The minimum absolute atomic E-state index is 0.125. The lowest BCUT2D eigenvalue weighted by Crippen LogP contribution is -2.60. The van der Waals surface area contributed by atoms with Gasteiger partial charge >= 0.3 is 5.97 Å². The molecule has 0 bridgehead atoms. The first-order valence-electron chi connectivity index (χ1n) is 7.12. The van der Waals surface area contributed by atoms with Crippen molar-refractivity contribution in [3.63, 3.8) is 0 Å². The van der Waals surface area contributed by atoms with Crippen LogP contribution in [-0.4, -0.2) is 29.8 Å². The molecule has 4 heteroatoms. The molecule has 2 atom stereocenters. The number of hydrogen-bond acceptors (Lipinski definition) is 3. The van der Waals surface area contributed by atoms with Gasteiger partial charge in [-0.2, -0.15) is 0 Å². The molecule has 0 saturated heterocycles. The van der Waals surface area contributed by atoms with E-state index in [1.165, 1.54) is 0 Å². The van der Waals surface area contributed by atoms with E-state index in [1.54, 1.807) is 18.2 Å². The van der Waals surface area contributed by atoms with Crippen LogP contribution < -0.4 is 5.32 Å². The zero-order valence-corrected chi connectivity index (χ0v) is 12.3. The Balaban J connectivity index is 1.90. The summed E-state index contributed by atoms with van der Waals surface area (Å²) in [5.74, 6) is -0.882. The van der Waals surface area contributed by atoms with Gasteiger partial charge in [0.2, 0.25) is 0 Å². The molecule has 1 aliphatic carbocycles. The molecule has 0 amide bonds. The van der Waals surface area contributed by atoms with Gasteiger partial charge in [0.1, 0.15) is 0 Å². The molecule has 2 rings (SSSR count). The summed E-state index contributed by atoms with van der Waals surface area (Å²) < 4.78 is 5.71. The summed E-state index contributed by atoms with van der Waals surface area (Å²) >= 11 is 0. The Kier molecular flexibility index (Phi) is 4.45. The summed E-state index contributed by atoms with van der Waals surface area (Å²) in [7, 11) is 0. The summed E-state index contributed by atoms with van der Waals surface area (Å²) in [6.45, 7) is 7.88. The molecule has 0 radical (unpaired) electrons.